The van der Waals surface area contributed by atoms with Gasteiger partial charge in [0.1, 0.15) is 5.75 Å². The highest BCUT2D eigenvalue weighted by Gasteiger charge is 2.36. The van der Waals surface area contributed by atoms with Crippen molar-refractivity contribution in [2.45, 2.75) is 43.0 Å². The van der Waals surface area contributed by atoms with Crippen molar-refractivity contribution >= 4 is 21.7 Å². The van der Waals surface area contributed by atoms with Crippen LogP contribution in [-0.2, 0) is 21.2 Å². The van der Waals surface area contributed by atoms with E-state index in [4.69, 9.17) is 0 Å². The molecule has 33 heavy (non-hydrogen) atoms. The maximum atomic E-state index is 13.3. The third kappa shape index (κ3) is 4.79. The zero-order valence-corrected chi connectivity index (χ0v) is 18.6. The minimum atomic E-state index is -4.77. The molecule has 0 saturated carbocycles. The molecule has 0 aromatic heterocycles. The van der Waals surface area contributed by atoms with Crippen LogP contribution in [0.4, 0.5) is 18.9 Å². The van der Waals surface area contributed by atoms with Gasteiger partial charge in [0, 0.05) is 31.4 Å². The number of hydrogen-bond acceptors (Lipinski definition) is 5. The Balaban J connectivity index is 1.49. The van der Waals surface area contributed by atoms with Crippen LogP contribution in [-0.4, -0.2) is 55.8 Å². The Morgan fingerprint density at radius 1 is 1.12 bits per heavy atom. The Labute approximate surface area is 189 Å². The first-order chi connectivity index (χ1) is 15.5. The second-order valence-corrected chi connectivity index (χ2v) is 10.1. The van der Waals surface area contributed by atoms with E-state index in [0.717, 1.165) is 5.56 Å². The fourth-order valence-electron chi connectivity index (χ4n) is 4.52. The zero-order valence-electron chi connectivity index (χ0n) is 17.7. The third-order valence-corrected chi connectivity index (χ3v) is 8.11. The zero-order chi connectivity index (χ0) is 24.0. The fourth-order valence-corrected chi connectivity index (χ4v) is 6.17. The van der Waals surface area contributed by atoms with Gasteiger partial charge < -0.3 is 14.7 Å². The van der Waals surface area contributed by atoms with Crippen LogP contribution < -0.4 is 9.64 Å². The standard InChI is InChI=1S/C22H23F3N2O5S/c1-14-13-26(16-4-6-17(7-5-16)32-22(23,24)25)10-11-27(14)33(30,31)18-8-2-15-3-9-19(21(28)29)20(15)12-18/h2,4-8,12,14,19H,3,9-11,13H2,1H3,(H,28,29). The van der Waals surface area contributed by atoms with E-state index in [0.29, 0.717) is 37.2 Å². The molecule has 2 unspecified atom stereocenters. The molecule has 0 spiro atoms. The van der Waals surface area contributed by atoms with Gasteiger partial charge >= 0.3 is 12.3 Å². The minimum Gasteiger partial charge on any atom is -0.481 e. The number of carboxylic acid groups (broad SMARTS) is 1. The van der Waals surface area contributed by atoms with Gasteiger partial charge in [-0.15, -0.1) is 13.2 Å². The summed E-state index contributed by atoms with van der Waals surface area (Å²) in [5.41, 5.74) is 2.07. The second-order valence-electron chi connectivity index (χ2n) is 8.24. The number of piperazine rings is 1. The van der Waals surface area contributed by atoms with E-state index in [1.165, 1.54) is 40.7 Å². The van der Waals surface area contributed by atoms with E-state index >= 15 is 0 Å². The summed E-state index contributed by atoms with van der Waals surface area (Å²) in [5.74, 6) is -1.98. The predicted molar refractivity (Wildman–Crippen MR) is 114 cm³/mol. The van der Waals surface area contributed by atoms with E-state index < -0.39 is 34.3 Å². The van der Waals surface area contributed by atoms with Gasteiger partial charge in [0.05, 0.1) is 10.8 Å². The summed E-state index contributed by atoms with van der Waals surface area (Å²) in [7, 11) is -3.85. The highest BCUT2D eigenvalue weighted by Crippen LogP contribution is 2.36. The molecule has 178 valence electrons. The molecule has 2 aliphatic rings. The monoisotopic (exact) mass is 484 g/mol. The quantitative estimate of drug-likeness (QED) is 0.698. The molecule has 1 heterocycles. The molecule has 0 radical (unpaired) electrons. The first-order valence-electron chi connectivity index (χ1n) is 10.4. The Morgan fingerprint density at radius 2 is 1.82 bits per heavy atom. The van der Waals surface area contributed by atoms with Crippen molar-refractivity contribution < 1.29 is 36.2 Å². The van der Waals surface area contributed by atoms with E-state index in [-0.39, 0.29) is 17.2 Å². The number of alkyl halides is 3. The predicted octanol–water partition coefficient (Wildman–Crippen LogP) is 3.60. The number of hydrogen-bond donors (Lipinski definition) is 1. The van der Waals surface area contributed by atoms with Crippen molar-refractivity contribution in [2.24, 2.45) is 0 Å². The van der Waals surface area contributed by atoms with E-state index in [2.05, 4.69) is 4.74 Å². The first kappa shape index (κ1) is 23.4. The Kier molecular flexibility index (Phi) is 6.04. The molecule has 4 rings (SSSR count). The lowest BCUT2D eigenvalue weighted by molar-refractivity contribution is -0.274. The number of aryl methyl sites for hydroxylation is 1. The van der Waals surface area contributed by atoms with E-state index in [1.54, 1.807) is 13.0 Å². The number of aliphatic carboxylic acids is 1. The van der Waals surface area contributed by atoms with Gasteiger partial charge in [0.25, 0.3) is 0 Å². The summed E-state index contributed by atoms with van der Waals surface area (Å²) in [4.78, 5) is 13.5. The molecule has 0 bridgehead atoms. The number of benzene rings is 2. The molecule has 2 aromatic carbocycles. The molecular weight excluding hydrogens is 461 g/mol. The molecule has 1 aliphatic heterocycles. The van der Waals surface area contributed by atoms with Crippen LogP contribution in [0.25, 0.3) is 0 Å². The van der Waals surface area contributed by atoms with Gasteiger partial charge in [0.15, 0.2) is 0 Å². The number of carboxylic acids is 1. The number of carbonyl (C=O) groups is 1. The maximum absolute atomic E-state index is 13.3. The number of ether oxygens (including phenoxy) is 1. The third-order valence-electron chi connectivity index (χ3n) is 6.10. The molecule has 1 N–H and O–H groups in total. The van der Waals surface area contributed by atoms with Crippen LogP contribution >= 0.6 is 0 Å². The average Bonchev–Trinajstić information content (AvgIpc) is 3.16. The summed E-state index contributed by atoms with van der Waals surface area (Å²) in [6.07, 6.45) is -3.71. The Hall–Kier alpha value is -2.79. The maximum Gasteiger partial charge on any atom is 0.573 e. The highest BCUT2D eigenvalue weighted by molar-refractivity contribution is 7.89. The van der Waals surface area contributed by atoms with Crippen molar-refractivity contribution in [3.8, 4) is 5.75 Å². The first-order valence-corrected chi connectivity index (χ1v) is 11.9. The summed E-state index contributed by atoms with van der Waals surface area (Å²) in [6, 6.07) is 9.75. The molecule has 2 atom stereocenters. The van der Waals surface area contributed by atoms with Crippen LogP contribution in [0.3, 0.4) is 0 Å². The van der Waals surface area contributed by atoms with Gasteiger partial charge in [-0.3, -0.25) is 4.79 Å². The highest BCUT2D eigenvalue weighted by atomic mass is 32.2. The molecule has 2 aromatic rings. The molecule has 11 heteroatoms. The Bertz CT molecular complexity index is 1150. The second kappa shape index (κ2) is 8.53. The van der Waals surface area contributed by atoms with E-state index in [9.17, 15) is 31.5 Å². The number of halogens is 3. The van der Waals surface area contributed by atoms with Gasteiger partial charge in [-0.2, -0.15) is 4.31 Å². The molecule has 7 nitrogen and oxygen atoms in total. The summed E-state index contributed by atoms with van der Waals surface area (Å²) < 4.78 is 69.0. The van der Waals surface area contributed by atoms with Crippen LogP contribution in [0.1, 0.15) is 30.4 Å². The minimum absolute atomic E-state index is 0.0725. The summed E-state index contributed by atoms with van der Waals surface area (Å²) in [6.45, 7) is 2.65. The number of anilines is 1. The lowest BCUT2D eigenvalue weighted by atomic mass is 10.0. The van der Waals surface area contributed by atoms with Gasteiger partial charge in [-0.05, 0) is 67.3 Å². The van der Waals surface area contributed by atoms with Crippen molar-refractivity contribution in [1.82, 2.24) is 4.31 Å². The normalized spacial score (nSPS) is 21.6. The van der Waals surface area contributed by atoms with Crippen molar-refractivity contribution in [3.05, 3.63) is 53.6 Å². The average molecular weight is 484 g/mol. The van der Waals surface area contributed by atoms with Crippen LogP contribution in [0.5, 0.6) is 5.75 Å². The molecule has 1 saturated heterocycles. The number of nitrogens with zero attached hydrogens (tertiary/aromatic N) is 2. The summed E-state index contributed by atoms with van der Waals surface area (Å²) in [5, 5.41) is 9.43. The molecule has 0 amide bonds. The topological polar surface area (TPSA) is 87.2 Å². The lowest BCUT2D eigenvalue weighted by Gasteiger charge is -2.40. The smallest absolute Gasteiger partial charge is 0.481 e. The number of rotatable bonds is 5. The largest absolute Gasteiger partial charge is 0.573 e. The van der Waals surface area contributed by atoms with Gasteiger partial charge in [-0.25, -0.2) is 8.42 Å². The van der Waals surface area contributed by atoms with Crippen molar-refractivity contribution in [1.29, 1.82) is 0 Å². The van der Waals surface area contributed by atoms with Crippen LogP contribution in [0.2, 0.25) is 0 Å². The SMILES string of the molecule is CC1CN(c2ccc(OC(F)(F)F)cc2)CCN1S(=O)(=O)c1ccc2c(c1)C(C(=O)O)CC2. The van der Waals surface area contributed by atoms with Gasteiger partial charge in [0.2, 0.25) is 10.0 Å². The van der Waals surface area contributed by atoms with Crippen LogP contribution in [0, 0.1) is 0 Å². The number of fused-ring (bicyclic) bond motifs is 1. The lowest BCUT2D eigenvalue weighted by Crippen LogP contribution is -2.54. The summed E-state index contributed by atoms with van der Waals surface area (Å²) >= 11 is 0. The van der Waals surface area contributed by atoms with Crippen molar-refractivity contribution in [2.75, 3.05) is 24.5 Å². The molecular formula is C22H23F3N2O5S. The van der Waals surface area contributed by atoms with Crippen LogP contribution in [0.15, 0.2) is 47.4 Å². The molecule has 1 aliphatic carbocycles. The van der Waals surface area contributed by atoms with E-state index in [1.807, 2.05) is 4.90 Å². The van der Waals surface area contributed by atoms with Crippen molar-refractivity contribution in [3.63, 3.8) is 0 Å². The Morgan fingerprint density at radius 3 is 2.42 bits per heavy atom. The molecule has 1 fully saturated rings. The van der Waals surface area contributed by atoms with Gasteiger partial charge in [-0.1, -0.05) is 6.07 Å². The number of sulfonamides is 1. The fraction of sp³-hybridized carbons (Fsp3) is 0.409.